The molecule has 3 rings (SSSR count). The Hall–Kier alpha value is -2.45. The molecule has 1 aromatic heterocycles. The smallest absolute Gasteiger partial charge is 0.335 e. The standard InChI is InChI=1S/C19H23N3O4S/c1-14-12-16(5-6-17(14)19(23)24)27(25,26)21-13-15-7-10-22(11-8-15)18-4-2-3-9-20-18/h2-6,9,12,15,21H,7-8,10-11,13H2,1H3,(H,23,24). The third-order valence-corrected chi connectivity index (χ3v) is 6.31. The molecule has 1 aromatic carbocycles. The van der Waals surface area contributed by atoms with E-state index in [1.807, 2.05) is 18.2 Å². The number of aromatic nitrogens is 1. The highest BCUT2D eigenvalue weighted by atomic mass is 32.2. The van der Waals surface area contributed by atoms with Crippen LogP contribution in [0.25, 0.3) is 0 Å². The van der Waals surface area contributed by atoms with E-state index < -0.39 is 16.0 Å². The van der Waals surface area contributed by atoms with E-state index in [1.54, 1.807) is 13.1 Å². The minimum Gasteiger partial charge on any atom is -0.478 e. The molecule has 2 aromatic rings. The summed E-state index contributed by atoms with van der Waals surface area (Å²) in [6.45, 7) is 3.65. The van der Waals surface area contributed by atoms with Gasteiger partial charge in [-0.1, -0.05) is 6.07 Å². The summed E-state index contributed by atoms with van der Waals surface area (Å²) in [7, 11) is -3.66. The molecule has 1 fully saturated rings. The van der Waals surface area contributed by atoms with Gasteiger partial charge in [0.15, 0.2) is 0 Å². The Morgan fingerprint density at radius 2 is 2.00 bits per heavy atom. The molecule has 27 heavy (non-hydrogen) atoms. The molecule has 1 aliphatic heterocycles. The van der Waals surface area contributed by atoms with E-state index in [2.05, 4.69) is 14.6 Å². The molecule has 0 atom stereocenters. The van der Waals surface area contributed by atoms with Gasteiger partial charge in [0.1, 0.15) is 5.82 Å². The predicted molar refractivity (Wildman–Crippen MR) is 103 cm³/mol. The number of piperidine rings is 1. The van der Waals surface area contributed by atoms with Gasteiger partial charge in [-0.3, -0.25) is 0 Å². The molecule has 1 saturated heterocycles. The van der Waals surface area contributed by atoms with Crippen LogP contribution in [0, 0.1) is 12.8 Å². The zero-order valence-electron chi connectivity index (χ0n) is 15.1. The summed E-state index contributed by atoms with van der Waals surface area (Å²) in [5, 5.41) is 9.06. The first-order valence-corrected chi connectivity index (χ1v) is 10.3. The van der Waals surface area contributed by atoms with Crippen LogP contribution in [0.5, 0.6) is 0 Å². The molecule has 0 bridgehead atoms. The monoisotopic (exact) mass is 389 g/mol. The van der Waals surface area contributed by atoms with Crippen molar-refractivity contribution in [1.29, 1.82) is 0 Å². The molecule has 0 aliphatic carbocycles. The molecule has 1 aliphatic rings. The van der Waals surface area contributed by atoms with Crippen molar-refractivity contribution in [2.45, 2.75) is 24.7 Å². The number of rotatable bonds is 6. The van der Waals surface area contributed by atoms with Gasteiger partial charge < -0.3 is 10.0 Å². The summed E-state index contributed by atoms with van der Waals surface area (Å²) < 4.78 is 27.7. The lowest BCUT2D eigenvalue weighted by atomic mass is 9.97. The highest BCUT2D eigenvalue weighted by Gasteiger charge is 2.23. The van der Waals surface area contributed by atoms with Crippen LogP contribution in [0.4, 0.5) is 5.82 Å². The molecule has 2 heterocycles. The van der Waals surface area contributed by atoms with Crippen molar-refractivity contribution in [2.24, 2.45) is 5.92 Å². The van der Waals surface area contributed by atoms with Crippen LogP contribution < -0.4 is 9.62 Å². The second-order valence-corrected chi connectivity index (χ2v) is 8.52. The number of hydrogen-bond donors (Lipinski definition) is 2. The molecule has 0 saturated carbocycles. The highest BCUT2D eigenvalue weighted by molar-refractivity contribution is 7.89. The molecular weight excluding hydrogens is 366 g/mol. The first kappa shape index (κ1) is 19.3. The zero-order chi connectivity index (χ0) is 19.4. The number of benzene rings is 1. The molecule has 8 heteroatoms. The number of aryl methyl sites for hydroxylation is 1. The third-order valence-electron chi connectivity index (χ3n) is 4.89. The van der Waals surface area contributed by atoms with Crippen molar-refractivity contribution in [3.63, 3.8) is 0 Å². The van der Waals surface area contributed by atoms with Gasteiger partial charge in [-0.05, 0) is 61.6 Å². The lowest BCUT2D eigenvalue weighted by Crippen LogP contribution is -2.39. The van der Waals surface area contributed by atoms with E-state index in [0.717, 1.165) is 31.7 Å². The summed E-state index contributed by atoms with van der Waals surface area (Å²) in [4.78, 5) is 17.7. The van der Waals surface area contributed by atoms with Crippen LogP contribution in [0.3, 0.4) is 0 Å². The highest BCUT2D eigenvalue weighted by Crippen LogP contribution is 2.22. The minimum atomic E-state index is -3.66. The Morgan fingerprint density at radius 1 is 1.26 bits per heavy atom. The maximum Gasteiger partial charge on any atom is 0.335 e. The molecule has 7 nitrogen and oxygen atoms in total. The zero-order valence-corrected chi connectivity index (χ0v) is 15.9. The van der Waals surface area contributed by atoms with Gasteiger partial charge in [0.25, 0.3) is 0 Å². The average Bonchev–Trinajstić information content (AvgIpc) is 2.67. The maximum absolute atomic E-state index is 12.5. The lowest BCUT2D eigenvalue weighted by molar-refractivity contribution is 0.0696. The molecule has 0 unspecified atom stereocenters. The second-order valence-electron chi connectivity index (χ2n) is 6.75. The molecule has 0 radical (unpaired) electrons. The normalized spacial score (nSPS) is 15.7. The van der Waals surface area contributed by atoms with E-state index in [-0.39, 0.29) is 16.4 Å². The van der Waals surface area contributed by atoms with Crippen molar-refractivity contribution in [3.8, 4) is 0 Å². The van der Waals surface area contributed by atoms with Crippen molar-refractivity contribution in [1.82, 2.24) is 9.71 Å². The SMILES string of the molecule is Cc1cc(S(=O)(=O)NCC2CCN(c3ccccn3)CC2)ccc1C(=O)O. The Bertz CT molecular complexity index is 908. The Morgan fingerprint density at radius 3 is 2.59 bits per heavy atom. The van der Waals surface area contributed by atoms with Crippen molar-refractivity contribution < 1.29 is 18.3 Å². The van der Waals surface area contributed by atoms with E-state index in [0.29, 0.717) is 12.1 Å². The summed E-state index contributed by atoms with van der Waals surface area (Å²) in [6, 6.07) is 9.89. The lowest BCUT2D eigenvalue weighted by Gasteiger charge is -2.32. The molecule has 0 amide bonds. The van der Waals surface area contributed by atoms with Crippen LogP contribution >= 0.6 is 0 Å². The Balaban J connectivity index is 1.57. The number of carboxylic acid groups (broad SMARTS) is 1. The number of carbonyl (C=O) groups is 1. The maximum atomic E-state index is 12.5. The third kappa shape index (κ3) is 4.64. The van der Waals surface area contributed by atoms with E-state index >= 15 is 0 Å². The summed E-state index contributed by atoms with van der Waals surface area (Å²) in [6.07, 6.45) is 3.54. The van der Waals surface area contributed by atoms with E-state index in [9.17, 15) is 13.2 Å². The van der Waals surface area contributed by atoms with Gasteiger partial charge in [-0.2, -0.15) is 0 Å². The number of hydrogen-bond acceptors (Lipinski definition) is 5. The van der Waals surface area contributed by atoms with Gasteiger partial charge in [0.05, 0.1) is 10.5 Å². The van der Waals surface area contributed by atoms with Crippen LogP contribution in [-0.2, 0) is 10.0 Å². The number of nitrogens with one attached hydrogen (secondary N) is 1. The van der Waals surface area contributed by atoms with Gasteiger partial charge in [-0.25, -0.2) is 22.9 Å². The summed E-state index contributed by atoms with van der Waals surface area (Å²) >= 11 is 0. The van der Waals surface area contributed by atoms with E-state index in [1.165, 1.54) is 18.2 Å². The summed E-state index contributed by atoms with van der Waals surface area (Å²) in [5.74, 6) is 0.147. The molecule has 0 spiro atoms. The fourth-order valence-corrected chi connectivity index (χ4v) is 4.46. The van der Waals surface area contributed by atoms with E-state index in [4.69, 9.17) is 5.11 Å². The van der Waals surface area contributed by atoms with Crippen molar-refractivity contribution >= 4 is 21.8 Å². The number of aromatic carboxylic acids is 1. The predicted octanol–water partition coefficient (Wildman–Crippen LogP) is 2.28. The number of sulfonamides is 1. The van der Waals surface area contributed by atoms with Crippen molar-refractivity contribution in [3.05, 3.63) is 53.7 Å². The van der Waals surface area contributed by atoms with Crippen LogP contribution in [0.2, 0.25) is 0 Å². The number of carboxylic acids is 1. The quantitative estimate of drug-likeness (QED) is 0.786. The number of nitrogens with zero attached hydrogens (tertiary/aromatic N) is 2. The molecule has 144 valence electrons. The Labute approximate surface area is 159 Å². The van der Waals surface area contributed by atoms with Crippen LogP contribution in [0.15, 0.2) is 47.5 Å². The van der Waals surface area contributed by atoms with Gasteiger partial charge >= 0.3 is 5.97 Å². The Kier molecular flexibility index (Phi) is 5.76. The fourth-order valence-electron chi connectivity index (χ4n) is 3.26. The van der Waals surface area contributed by atoms with Gasteiger partial charge in [0, 0.05) is 25.8 Å². The summed E-state index contributed by atoms with van der Waals surface area (Å²) in [5.41, 5.74) is 0.532. The first-order chi connectivity index (χ1) is 12.9. The topological polar surface area (TPSA) is 99.6 Å². The largest absolute Gasteiger partial charge is 0.478 e. The van der Waals surface area contributed by atoms with Crippen LogP contribution in [0.1, 0.15) is 28.8 Å². The second kappa shape index (κ2) is 8.06. The number of anilines is 1. The average molecular weight is 389 g/mol. The fraction of sp³-hybridized carbons (Fsp3) is 0.368. The molecular formula is C19H23N3O4S. The minimum absolute atomic E-state index is 0.0934. The van der Waals surface area contributed by atoms with Gasteiger partial charge in [0.2, 0.25) is 10.0 Å². The molecule has 2 N–H and O–H groups in total. The number of pyridine rings is 1. The van der Waals surface area contributed by atoms with Crippen molar-refractivity contribution in [2.75, 3.05) is 24.5 Å². The van der Waals surface area contributed by atoms with Crippen LogP contribution in [-0.4, -0.2) is 44.1 Å². The first-order valence-electron chi connectivity index (χ1n) is 8.86. The van der Waals surface area contributed by atoms with Gasteiger partial charge in [-0.15, -0.1) is 0 Å².